The summed E-state index contributed by atoms with van der Waals surface area (Å²) < 4.78 is 1.01. The zero-order valence-corrected chi connectivity index (χ0v) is 9.95. The summed E-state index contributed by atoms with van der Waals surface area (Å²) in [4.78, 5) is 0. The molecule has 1 nitrogen and oxygen atoms in total. The van der Waals surface area contributed by atoms with Gasteiger partial charge in [0.25, 0.3) is 0 Å². The van der Waals surface area contributed by atoms with Gasteiger partial charge in [-0.1, -0.05) is 40.9 Å². The lowest BCUT2D eigenvalue weighted by molar-refractivity contribution is 0.834. The van der Waals surface area contributed by atoms with E-state index in [4.69, 9.17) is 11.6 Å². The van der Waals surface area contributed by atoms with E-state index in [1.54, 1.807) is 0 Å². The maximum Gasteiger partial charge on any atom is 0.0648 e. The van der Waals surface area contributed by atoms with Gasteiger partial charge in [-0.15, -0.1) is 0 Å². The van der Waals surface area contributed by atoms with Crippen LogP contribution in [0.25, 0.3) is 0 Å². The highest BCUT2D eigenvalue weighted by Gasteiger charge is 1.98. The minimum absolute atomic E-state index is 0.769. The van der Waals surface area contributed by atoms with E-state index in [1.807, 2.05) is 18.2 Å². The zero-order valence-electron chi connectivity index (χ0n) is 7.61. The SMILES string of the molecule is CCCCNc1ccc(Br)cc1Cl. The lowest BCUT2D eigenvalue weighted by Crippen LogP contribution is -2.00. The quantitative estimate of drug-likeness (QED) is 0.797. The standard InChI is InChI=1S/C10H13BrClN/c1-2-3-6-13-10-5-4-8(11)7-9(10)12/h4-5,7,13H,2-3,6H2,1H3. The predicted molar refractivity (Wildman–Crippen MR) is 62.5 cm³/mol. The van der Waals surface area contributed by atoms with Crippen LogP contribution in [0, 0.1) is 0 Å². The van der Waals surface area contributed by atoms with Gasteiger partial charge in [0.05, 0.1) is 10.7 Å². The summed E-state index contributed by atoms with van der Waals surface area (Å²) in [5.41, 5.74) is 1.01. The summed E-state index contributed by atoms with van der Waals surface area (Å²) in [6.07, 6.45) is 2.37. The third-order valence-electron chi connectivity index (χ3n) is 1.78. The van der Waals surface area contributed by atoms with Gasteiger partial charge < -0.3 is 5.32 Å². The molecular formula is C10H13BrClN. The second-order valence-electron chi connectivity index (χ2n) is 2.90. The van der Waals surface area contributed by atoms with Crippen LogP contribution in [-0.2, 0) is 0 Å². The third-order valence-corrected chi connectivity index (χ3v) is 2.58. The van der Waals surface area contributed by atoms with Gasteiger partial charge in [-0.25, -0.2) is 0 Å². The summed E-state index contributed by atoms with van der Waals surface area (Å²) >= 11 is 9.38. The van der Waals surface area contributed by atoms with E-state index >= 15 is 0 Å². The first-order chi connectivity index (χ1) is 6.24. The Labute approximate surface area is 92.6 Å². The third kappa shape index (κ3) is 3.57. The predicted octanol–water partition coefficient (Wildman–Crippen LogP) is 4.31. The van der Waals surface area contributed by atoms with E-state index in [0.29, 0.717) is 0 Å². The topological polar surface area (TPSA) is 12.0 Å². The Balaban J connectivity index is 2.56. The molecule has 1 aromatic carbocycles. The van der Waals surface area contributed by atoms with Crippen molar-refractivity contribution in [3.05, 3.63) is 27.7 Å². The molecule has 0 unspecified atom stereocenters. The molecule has 72 valence electrons. The van der Waals surface area contributed by atoms with Crippen molar-refractivity contribution in [2.24, 2.45) is 0 Å². The van der Waals surface area contributed by atoms with Gasteiger partial charge in [0.1, 0.15) is 0 Å². The minimum atomic E-state index is 0.769. The largest absolute Gasteiger partial charge is 0.384 e. The fourth-order valence-electron chi connectivity index (χ4n) is 1.03. The average molecular weight is 263 g/mol. The molecular weight excluding hydrogens is 249 g/mol. The minimum Gasteiger partial charge on any atom is -0.384 e. The zero-order chi connectivity index (χ0) is 9.68. The summed E-state index contributed by atoms with van der Waals surface area (Å²) in [7, 11) is 0. The summed E-state index contributed by atoms with van der Waals surface area (Å²) in [6.45, 7) is 3.16. The van der Waals surface area contributed by atoms with Crippen LogP contribution < -0.4 is 5.32 Å². The van der Waals surface area contributed by atoms with Crippen LogP contribution in [0.15, 0.2) is 22.7 Å². The van der Waals surface area contributed by atoms with Crippen LogP contribution >= 0.6 is 27.5 Å². The smallest absolute Gasteiger partial charge is 0.0648 e. The number of rotatable bonds is 4. The van der Waals surface area contributed by atoms with E-state index in [-0.39, 0.29) is 0 Å². The monoisotopic (exact) mass is 261 g/mol. The number of unbranched alkanes of at least 4 members (excludes halogenated alkanes) is 1. The van der Waals surface area contributed by atoms with Crippen molar-refractivity contribution in [2.75, 3.05) is 11.9 Å². The normalized spacial score (nSPS) is 10.1. The highest BCUT2D eigenvalue weighted by molar-refractivity contribution is 9.10. The maximum absolute atomic E-state index is 6.02. The van der Waals surface area contributed by atoms with Gasteiger partial charge in [-0.05, 0) is 24.6 Å². The number of hydrogen-bond acceptors (Lipinski definition) is 1. The number of benzene rings is 1. The first-order valence-corrected chi connectivity index (χ1v) is 5.60. The van der Waals surface area contributed by atoms with Crippen LogP contribution in [-0.4, -0.2) is 6.54 Å². The van der Waals surface area contributed by atoms with Crippen LogP contribution in [0.3, 0.4) is 0 Å². The average Bonchev–Trinajstić information content (AvgIpc) is 2.09. The van der Waals surface area contributed by atoms with Crippen molar-refractivity contribution in [1.82, 2.24) is 0 Å². The molecule has 0 aliphatic heterocycles. The Bertz CT molecular complexity index is 276. The van der Waals surface area contributed by atoms with E-state index in [0.717, 1.165) is 21.7 Å². The van der Waals surface area contributed by atoms with Crippen LogP contribution in [0.5, 0.6) is 0 Å². The molecule has 0 amide bonds. The molecule has 0 radical (unpaired) electrons. The Morgan fingerprint density at radius 1 is 1.46 bits per heavy atom. The van der Waals surface area contributed by atoms with Gasteiger partial charge in [-0.2, -0.15) is 0 Å². The van der Waals surface area contributed by atoms with Crippen molar-refractivity contribution in [3.63, 3.8) is 0 Å². The number of anilines is 1. The molecule has 3 heteroatoms. The summed E-state index contributed by atoms with van der Waals surface area (Å²) in [5, 5.41) is 4.06. The highest BCUT2D eigenvalue weighted by atomic mass is 79.9. The fraction of sp³-hybridized carbons (Fsp3) is 0.400. The maximum atomic E-state index is 6.02. The van der Waals surface area contributed by atoms with Crippen LogP contribution in [0.2, 0.25) is 5.02 Å². The Hall–Kier alpha value is -0.210. The molecule has 13 heavy (non-hydrogen) atoms. The van der Waals surface area contributed by atoms with E-state index < -0.39 is 0 Å². The first-order valence-electron chi connectivity index (χ1n) is 4.43. The molecule has 0 atom stereocenters. The van der Waals surface area contributed by atoms with Crippen molar-refractivity contribution >= 4 is 33.2 Å². The molecule has 0 fully saturated rings. The second-order valence-corrected chi connectivity index (χ2v) is 4.23. The van der Waals surface area contributed by atoms with E-state index in [2.05, 4.69) is 28.2 Å². The van der Waals surface area contributed by atoms with Gasteiger partial charge in [-0.3, -0.25) is 0 Å². The van der Waals surface area contributed by atoms with Crippen LogP contribution in [0.1, 0.15) is 19.8 Å². The molecule has 0 saturated heterocycles. The lowest BCUT2D eigenvalue weighted by atomic mass is 10.3. The Morgan fingerprint density at radius 2 is 2.23 bits per heavy atom. The van der Waals surface area contributed by atoms with Gasteiger partial charge in [0, 0.05) is 11.0 Å². The van der Waals surface area contributed by atoms with Gasteiger partial charge >= 0.3 is 0 Å². The van der Waals surface area contributed by atoms with Gasteiger partial charge in [0.2, 0.25) is 0 Å². The highest BCUT2D eigenvalue weighted by Crippen LogP contribution is 2.25. The molecule has 0 aliphatic carbocycles. The Morgan fingerprint density at radius 3 is 2.85 bits per heavy atom. The summed E-state index contributed by atoms with van der Waals surface area (Å²) in [6, 6.07) is 5.87. The second kappa shape index (κ2) is 5.51. The number of nitrogens with one attached hydrogen (secondary N) is 1. The van der Waals surface area contributed by atoms with Crippen molar-refractivity contribution < 1.29 is 0 Å². The number of halogens is 2. The molecule has 0 aliphatic rings. The molecule has 1 aromatic rings. The summed E-state index contributed by atoms with van der Waals surface area (Å²) in [5.74, 6) is 0. The van der Waals surface area contributed by atoms with E-state index in [9.17, 15) is 0 Å². The molecule has 0 bridgehead atoms. The van der Waals surface area contributed by atoms with Crippen molar-refractivity contribution in [2.45, 2.75) is 19.8 Å². The molecule has 0 heterocycles. The van der Waals surface area contributed by atoms with Crippen LogP contribution in [0.4, 0.5) is 5.69 Å². The Kier molecular flexibility index (Phi) is 4.60. The molecule has 0 aromatic heterocycles. The molecule has 0 saturated carbocycles. The molecule has 1 rings (SSSR count). The first kappa shape index (κ1) is 10.9. The van der Waals surface area contributed by atoms with E-state index in [1.165, 1.54) is 12.8 Å². The van der Waals surface area contributed by atoms with Gasteiger partial charge in [0.15, 0.2) is 0 Å². The lowest BCUT2D eigenvalue weighted by Gasteiger charge is -2.07. The number of hydrogen-bond donors (Lipinski definition) is 1. The molecule has 1 N–H and O–H groups in total. The fourth-order valence-corrected chi connectivity index (χ4v) is 1.77. The van der Waals surface area contributed by atoms with Crippen molar-refractivity contribution in [1.29, 1.82) is 0 Å². The molecule has 0 spiro atoms. The van der Waals surface area contributed by atoms with Crippen molar-refractivity contribution in [3.8, 4) is 0 Å².